The summed E-state index contributed by atoms with van der Waals surface area (Å²) in [7, 11) is 0. The van der Waals surface area contributed by atoms with Crippen LogP contribution in [0.4, 0.5) is 0 Å². The summed E-state index contributed by atoms with van der Waals surface area (Å²) in [4.78, 5) is 11.4. The number of esters is 1. The second-order valence-corrected chi connectivity index (χ2v) is 3.22. The van der Waals surface area contributed by atoms with Crippen LogP contribution in [0, 0.1) is 0 Å². The van der Waals surface area contributed by atoms with E-state index in [1.54, 1.807) is 0 Å². The zero-order valence-electron chi connectivity index (χ0n) is 8.77. The topological polar surface area (TPSA) is 64.3 Å². The molecule has 0 fully saturated rings. The highest BCUT2D eigenvalue weighted by molar-refractivity contribution is 5.75. The first-order valence-corrected chi connectivity index (χ1v) is 4.94. The van der Waals surface area contributed by atoms with E-state index in [2.05, 4.69) is 5.43 Å². The second-order valence-electron chi connectivity index (χ2n) is 3.22. The van der Waals surface area contributed by atoms with Gasteiger partial charge in [0.1, 0.15) is 12.6 Å². The molecule has 1 aromatic carbocycles. The van der Waals surface area contributed by atoms with Crippen LogP contribution in [0.5, 0.6) is 0 Å². The fourth-order valence-corrected chi connectivity index (χ4v) is 1.18. The van der Waals surface area contributed by atoms with E-state index < -0.39 is 6.04 Å². The number of carbonyl (C=O) groups is 1. The normalized spacial score (nSPS) is 12.1. The lowest BCUT2D eigenvalue weighted by atomic mass is 10.2. The summed E-state index contributed by atoms with van der Waals surface area (Å²) in [5.74, 6) is 4.89. The molecule has 0 aliphatic heterocycles. The van der Waals surface area contributed by atoms with E-state index in [0.717, 1.165) is 5.56 Å². The Hall–Kier alpha value is -1.39. The van der Waals surface area contributed by atoms with Crippen LogP contribution in [0.2, 0.25) is 0 Å². The molecule has 4 heteroatoms. The van der Waals surface area contributed by atoms with Gasteiger partial charge in [0, 0.05) is 0 Å². The van der Waals surface area contributed by atoms with Gasteiger partial charge >= 0.3 is 5.97 Å². The fourth-order valence-electron chi connectivity index (χ4n) is 1.18. The molecule has 1 rings (SSSR count). The molecule has 1 aromatic rings. The molecule has 4 nitrogen and oxygen atoms in total. The molecule has 0 amide bonds. The van der Waals surface area contributed by atoms with Crippen molar-refractivity contribution in [3.8, 4) is 0 Å². The second kappa shape index (κ2) is 6.16. The lowest BCUT2D eigenvalue weighted by Gasteiger charge is -2.12. The fraction of sp³-hybridized carbons (Fsp3) is 0.364. The minimum atomic E-state index is -0.422. The third-order valence-electron chi connectivity index (χ3n) is 2.12. The number of hydrazine groups is 1. The minimum Gasteiger partial charge on any atom is -0.460 e. The van der Waals surface area contributed by atoms with Crippen LogP contribution in [0.3, 0.4) is 0 Å². The Kier molecular flexibility index (Phi) is 4.80. The van der Waals surface area contributed by atoms with E-state index in [1.165, 1.54) is 0 Å². The number of nitrogens with one attached hydrogen (secondary N) is 1. The first-order valence-electron chi connectivity index (χ1n) is 4.94. The van der Waals surface area contributed by atoms with Gasteiger partial charge in [-0.2, -0.15) is 0 Å². The largest absolute Gasteiger partial charge is 0.460 e. The van der Waals surface area contributed by atoms with Crippen molar-refractivity contribution >= 4 is 5.97 Å². The van der Waals surface area contributed by atoms with E-state index in [0.29, 0.717) is 6.42 Å². The van der Waals surface area contributed by atoms with E-state index in [9.17, 15) is 4.79 Å². The highest BCUT2D eigenvalue weighted by atomic mass is 16.5. The first kappa shape index (κ1) is 11.7. The highest BCUT2D eigenvalue weighted by Crippen LogP contribution is 2.02. The molecule has 0 saturated heterocycles. The average molecular weight is 208 g/mol. The zero-order valence-corrected chi connectivity index (χ0v) is 8.77. The Morgan fingerprint density at radius 1 is 1.47 bits per heavy atom. The van der Waals surface area contributed by atoms with Gasteiger partial charge in [0.2, 0.25) is 0 Å². The molecule has 3 N–H and O–H groups in total. The maximum atomic E-state index is 11.4. The van der Waals surface area contributed by atoms with Gasteiger partial charge in [-0.05, 0) is 12.0 Å². The number of ether oxygens (including phenoxy) is 1. The Balaban J connectivity index is 2.40. The van der Waals surface area contributed by atoms with Gasteiger partial charge in [-0.15, -0.1) is 0 Å². The zero-order chi connectivity index (χ0) is 11.1. The van der Waals surface area contributed by atoms with Crippen LogP contribution >= 0.6 is 0 Å². The van der Waals surface area contributed by atoms with Crippen molar-refractivity contribution in [1.29, 1.82) is 0 Å². The van der Waals surface area contributed by atoms with Gasteiger partial charge in [0.15, 0.2) is 0 Å². The predicted molar refractivity (Wildman–Crippen MR) is 57.6 cm³/mol. The summed E-state index contributed by atoms with van der Waals surface area (Å²) in [5.41, 5.74) is 3.38. The van der Waals surface area contributed by atoms with Crippen molar-refractivity contribution in [2.24, 2.45) is 5.84 Å². The van der Waals surface area contributed by atoms with Crippen LogP contribution in [-0.4, -0.2) is 12.0 Å². The molecule has 0 saturated carbocycles. The molecule has 15 heavy (non-hydrogen) atoms. The molecule has 0 aliphatic carbocycles. The highest BCUT2D eigenvalue weighted by Gasteiger charge is 2.15. The monoisotopic (exact) mass is 208 g/mol. The SMILES string of the molecule is CC[C@H](NN)C(=O)OCc1ccccc1. The molecule has 0 radical (unpaired) electrons. The van der Waals surface area contributed by atoms with Crippen molar-refractivity contribution < 1.29 is 9.53 Å². The minimum absolute atomic E-state index is 0.290. The standard InChI is InChI=1S/C11H16N2O2/c1-2-10(13-12)11(14)15-8-9-6-4-3-5-7-9/h3-7,10,13H,2,8,12H2,1H3/t10-/m0/s1. The molecule has 82 valence electrons. The number of nitrogens with two attached hydrogens (primary N) is 1. The number of rotatable bonds is 5. The first-order chi connectivity index (χ1) is 7.27. The van der Waals surface area contributed by atoms with Crippen molar-refractivity contribution in [2.75, 3.05) is 0 Å². The van der Waals surface area contributed by atoms with Crippen molar-refractivity contribution in [3.05, 3.63) is 35.9 Å². The van der Waals surface area contributed by atoms with Crippen LogP contribution in [0.1, 0.15) is 18.9 Å². The smallest absolute Gasteiger partial charge is 0.324 e. The summed E-state index contributed by atoms with van der Waals surface area (Å²) in [6, 6.07) is 9.12. The van der Waals surface area contributed by atoms with Gasteiger partial charge in [-0.3, -0.25) is 10.6 Å². The molecular weight excluding hydrogens is 192 g/mol. The van der Waals surface area contributed by atoms with Gasteiger partial charge in [0.05, 0.1) is 0 Å². The maximum absolute atomic E-state index is 11.4. The lowest BCUT2D eigenvalue weighted by molar-refractivity contribution is -0.147. The van der Waals surface area contributed by atoms with Crippen molar-refractivity contribution in [1.82, 2.24) is 5.43 Å². The number of hydrogen-bond donors (Lipinski definition) is 2. The Morgan fingerprint density at radius 2 is 2.13 bits per heavy atom. The molecule has 0 heterocycles. The molecule has 0 aliphatic rings. The van der Waals surface area contributed by atoms with Gasteiger partial charge < -0.3 is 4.74 Å². The maximum Gasteiger partial charge on any atom is 0.324 e. The van der Waals surface area contributed by atoms with E-state index in [1.807, 2.05) is 37.3 Å². The third-order valence-corrected chi connectivity index (χ3v) is 2.12. The average Bonchev–Trinajstić information content (AvgIpc) is 2.29. The van der Waals surface area contributed by atoms with Crippen molar-refractivity contribution in [2.45, 2.75) is 26.0 Å². The summed E-state index contributed by atoms with van der Waals surface area (Å²) in [6.45, 7) is 2.16. The van der Waals surface area contributed by atoms with Gasteiger partial charge in [-0.25, -0.2) is 5.43 Å². The number of carbonyl (C=O) groups excluding carboxylic acids is 1. The van der Waals surface area contributed by atoms with Crippen LogP contribution in [0.15, 0.2) is 30.3 Å². The summed E-state index contributed by atoms with van der Waals surface area (Å²) >= 11 is 0. The molecular formula is C11H16N2O2. The van der Waals surface area contributed by atoms with Gasteiger partial charge in [0.25, 0.3) is 0 Å². The van der Waals surface area contributed by atoms with E-state index in [4.69, 9.17) is 10.6 Å². The van der Waals surface area contributed by atoms with Crippen LogP contribution in [0.25, 0.3) is 0 Å². The van der Waals surface area contributed by atoms with E-state index >= 15 is 0 Å². The lowest BCUT2D eigenvalue weighted by Crippen LogP contribution is -2.41. The molecule has 0 aromatic heterocycles. The van der Waals surface area contributed by atoms with Gasteiger partial charge in [-0.1, -0.05) is 37.3 Å². The van der Waals surface area contributed by atoms with Crippen molar-refractivity contribution in [3.63, 3.8) is 0 Å². The summed E-state index contributed by atoms with van der Waals surface area (Å²) in [5, 5.41) is 0. The predicted octanol–water partition coefficient (Wildman–Crippen LogP) is 0.972. The molecule has 0 bridgehead atoms. The Labute approximate surface area is 89.4 Å². The molecule has 0 unspecified atom stereocenters. The third kappa shape index (κ3) is 3.69. The van der Waals surface area contributed by atoms with E-state index in [-0.39, 0.29) is 12.6 Å². The molecule has 0 spiro atoms. The quantitative estimate of drug-likeness (QED) is 0.430. The number of hydrogen-bond acceptors (Lipinski definition) is 4. The summed E-state index contributed by atoms with van der Waals surface area (Å²) < 4.78 is 5.09. The Bertz CT molecular complexity index is 297. The Morgan fingerprint density at radius 3 is 2.67 bits per heavy atom. The molecule has 1 atom stereocenters. The summed E-state index contributed by atoms with van der Waals surface area (Å²) in [6.07, 6.45) is 0.615. The number of benzene rings is 1. The van der Waals surface area contributed by atoms with Crippen LogP contribution < -0.4 is 11.3 Å². The van der Waals surface area contributed by atoms with Crippen LogP contribution in [-0.2, 0) is 16.1 Å².